The van der Waals surface area contributed by atoms with Crippen molar-refractivity contribution in [3.05, 3.63) is 45.7 Å². The van der Waals surface area contributed by atoms with E-state index in [2.05, 4.69) is 10.1 Å². The SMILES string of the molecule is Cc1nn(C)c(F)c1C(=O)N(C(C)CCc1ncc(C(F)(F)F)cc1Cl)C1CC1. The monoisotopic (exact) mass is 432 g/mol. The van der Waals surface area contributed by atoms with Gasteiger partial charge >= 0.3 is 6.18 Å². The molecule has 1 fully saturated rings. The number of aryl methyl sites for hydroxylation is 3. The molecule has 0 aromatic carbocycles. The highest BCUT2D eigenvalue weighted by molar-refractivity contribution is 6.31. The Labute approximate surface area is 170 Å². The van der Waals surface area contributed by atoms with Gasteiger partial charge in [0.1, 0.15) is 5.56 Å². The van der Waals surface area contributed by atoms with Crippen LogP contribution in [0.25, 0.3) is 0 Å². The maximum atomic E-state index is 14.4. The predicted octanol–water partition coefficient (Wildman–Crippen LogP) is 4.56. The van der Waals surface area contributed by atoms with Crippen molar-refractivity contribution in [3.8, 4) is 0 Å². The molecule has 1 aliphatic rings. The van der Waals surface area contributed by atoms with Crippen molar-refractivity contribution in [2.45, 2.75) is 57.8 Å². The van der Waals surface area contributed by atoms with Crippen molar-refractivity contribution in [2.75, 3.05) is 0 Å². The number of amides is 1. The zero-order valence-corrected chi connectivity index (χ0v) is 17.0. The minimum atomic E-state index is -4.51. The maximum Gasteiger partial charge on any atom is 0.417 e. The van der Waals surface area contributed by atoms with Crippen molar-refractivity contribution < 1.29 is 22.4 Å². The highest BCUT2D eigenvalue weighted by Gasteiger charge is 2.38. The lowest BCUT2D eigenvalue weighted by molar-refractivity contribution is -0.137. The van der Waals surface area contributed by atoms with E-state index in [-0.39, 0.29) is 22.7 Å². The second kappa shape index (κ2) is 7.93. The number of pyridine rings is 1. The van der Waals surface area contributed by atoms with Crippen LogP contribution in [0, 0.1) is 12.9 Å². The van der Waals surface area contributed by atoms with E-state index < -0.39 is 23.6 Å². The van der Waals surface area contributed by atoms with Crippen molar-refractivity contribution in [1.82, 2.24) is 19.7 Å². The lowest BCUT2D eigenvalue weighted by Gasteiger charge is -2.29. The van der Waals surface area contributed by atoms with E-state index in [1.165, 1.54) is 7.05 Å². The Hall–Kier alpha value is -2.16. The van der Waals surface area contributed by atoms with Crippen LogP contribution in [0.1, 0.15) is 53.5 Å². The average Bonchev–Trinajstić information content (AvgIpc) is 3.40. The van der Waals surface area contributed by atoms with Crippen molar-refractivity contribution in [1.29, 1.82) is 0 Å². The predicted molar refractivity (Wildman–Crippen MR) is 99.1 cm³/mol. The smallest absolute Gasteiger partial charge is 0.333 e. The van der Waals surface area contributed by atoms with E-state index in [9.17, 15) is 22.4 Å². The number of carbonyl (C=O) groups is 1. The summed E-state index contributed by atoms with van der Waals surface area (Å²) in [5.41, 5.74) is -0.299. The van der Waals surface area contributed by atoms with Gasteiger partial charge in [0, 0.05) is 25.3 Å². The molecule has 0 spiro atoms. The van der Waals surface area contributed by atoms with E-state index in [0.717, 1.165) is 29.8 Å². The van der Waals surface area contributed by atoms with Crippen molar-refractivity contribution in [2.24, 2.45) is 7.05 Å². The van der Waals surface area contributed by atoms with E-state index in [0.29, 0.717) is 24.2 Å². The summed E-state index contributed by atoms with van der Waals surface area (Å²) >= 11 is 5.97. The van der Waals surface area contributed by atoms with Crippen LogP contribution < -0.4 is 0 Å². The van der Waals surface area contributed by atoms with E-state index >= 15 is 0 Å². The molecule has 5 nitrogen and oxygen atoms in total. The molecule has 1 saturated carbocycles. The van der Waals surface area contributed by atoms with Crippen molar-refractivity contribution >= 4 is 17.5 Å². The molecular weight excluding hydrogens is 412 g/mol. The molecule has 2 aromatic heterocycles. The Morgan fingerprint density at radius 3 is 2.55 bits per heavy atom. The minimum Gasteiger partial charge on any atom is -0.333 e. The van der Waals surface area contributed by atoms with Gasteiger partial charge in [-0.25, -0.2) is 4.68 Å². The summed E-state index contributed by atoms with van der Waals surface area (Å²) in [4.78, 5) is 18.5. The van der Waals surface area contributed by atoms with E-state index in [4.69, 9.17) is 11.6 Å². The number of hydrogen-bond acceptors (Lipinski definition) is 3. The van der Waals surface area contributed by atoms with Gasteiger partial charge in [-0.1, -0.05) is 11.6 Å². The highest BCUT2D eigenvalue weighted by atomic mass is 35.5. The standard InChI is InChI=1S/C19H21ClF4N4O/c1-10(4-7-15-14(20)8-12(9-25-15)19(22,23)24)28(13-5-6-13)18(29)16-11(2)26-27(3)17(16)21/h8-10,13H,4-7H2,1-3H3. The van der Waals surface area contributed by atoms with Crippen LogP contribution in [0.3, 0.4) is 0 Å². The van der Waals surface area contributed by atoms with Crippen LogP contribution in [-0.4, -0.2) is 37.7 Å². The van der Waals surface area contributed by atoms with Crippen LogP contribution in [0.2, 0.25) is 5.02 Å². The third-order valence-corrected chi connectivity index (χ3v) is 5.39. The molecule has 1 atom stereocenters. The number of halogens is 5. The normalized spacial score (nSPS) is 15.4. The summed E-state index contributed by atoms with van der Waals surface area (Å²) in [6.45, 7) is 3.41. The van der Waals surface area contributed by atoms with Gasteiger partial charge in [-0.3, -0.25) is 9.78 Å². The molecule has 1 aliphatic carbocycles. The summed E-state index contributed by atoms with van der Waals surface area (Å²) in [6, 6.07) is 0.605. The van der Waals surface area contributed by atoms with Gasteiger partial charge in [0.15, 0.2) is 0 Å². The minimum absolute atomic E-state index is 0.0209. The second-order valence-electron chi connectivity index (χ2n) is 7.36. The molecule has 10 heteroatoms. The summed E-state index contributed by atoms with van der Waals surface area (Å²) in [5.74, 6) is -1.10. The lowest BCUT2D eigenvalue weighted by atomic mass is 10.1. The molecule has 0 saturated heterocycles. The van der Waals surface area contributed by atoms with Gasteiger partial charge in [0.2, 0.25) is 5.95 Å². The van der Waals surface area contributed by atoms with Gasteiger partial charge in [0.25, 0.3) is 5.91 Å². The van der Waals surface area contributed by atoms with Gasteiger partial charge in [-0.15, -0.1) is 0 Å². The molecule has 158 valence electrons. The van der Waals surface area contributed by atoms with E-state index in [1.807, 2.05) is 6.92 Å². The van der Waals surface area contributed by atoms with Crippen molar-refractivity contribution in [3.63, 3.8) is 0 Å². The molecule has 2 aromatic rings. The first-order valence-corrected chi connectivity index (χ1v) is 9.61. The Bertz CT molecular complexity index is 924. The zero-order valence-electron chi connectivity index (χ0n) is 16.2. The highest BCUT2D eigenvalue weighted by Crippen LogP contribution is 2.34. The summed E-state index contributed by atoms with van der Waals surface area (Å²) in [7, 11) is 1.43. The first-order valence-electron chi connectivity index (χ1n) is 9.24. The summed E-state index contributed by atoms with van der Waals surface area (Å²) in [5, 5.41) is 3.90. The Balaban J connectivity index is 1.74. The molecule has 2 heterocycles. The summed E-state index contributed by atoms with van der Waals surface area (Å²) in [6.07, 6.45) is -1.37. The van der Waals surface area contributed by atoms with Crippen LogP contribution in [0.4, 0.5) is 17.6 Å². The van der Waals surface area contributed by atoms with Crippen LogP contribution in [-0.2, 0) is 19.6 Å². The van der Waals surface area contributed by atoms with Crippen LogP contribution in [0.15, 0.2) is 12.3 Å². The second-order valence-corrected chi connectivity index (χ2v) is 7.76. The van der Waals surface area contributed by atoms with E-state index in [1.54, 1.807) is 11.8 Å². The number of rotatable bonds is 6. The molecule has 0 radical (unpaired) electrons. The van der Waals surface area contributed by atoms with Gasteiger partial charge < -0.3 is 4.90 Å². The number of nitrogens with zero attached hydrogens (tertiary/aromatic N) is 4. The zero-order chi connectivity index (χ0) is 21.5. The number of hydrogen-bond donors (Lipinski definition) is 0. The van der Waals surface area contributed by atoms with Gasteiger partial charge in [-0.2, -0.15) is 22.7 Å². The number of carbonyl (C=O) groups excluding carboxylic acids is 1. The molecule has 0 bridgehead atoms. The first-order chi connectivity index (χ1) is 13.5. The molecular formula is C19H21ClF4N4O. The van der Waals surface area contributed by atoms with Crippen LogP contribution in [0.5, 0.6) is 0 Å². The quantitative estimate of drug-likeness (QED) is 0.629. The fraction of sp³-hybridized carbons (Fsp3) is 0.526. The first kappa shape index (κ1) is 21.5. The summed E-state index contributed by atoms with van der Waals surface area (Å²) < 4.78 is 53.6. The fourth-order valence-corrected chi connectivity index (χ4v) is 3.63. The lowest BCUT2D eigenvalue weighted by Crippen LogP contribution is -2.41. The molecule has 29 heavy (non-hydrogen) atoms. The van der Waals surface area contributed by atoms with Gasteiger partial charge in [0.05, 0.1) is 22.0 Å². The Morgan fingerprint density at radius 2 is 2.07 bits per heavy atom. The number of aromatic nitrogens is 3. The molecule has 1 amide bonds. The molecule has 0 N–H and O–H groups in total. The topological polar surface area (TPSA) is 51.0 Å². The third-order valence-electron chi connectivity index (χ3n) is 5.06. The number of alkyl halides is 3. The fourth-order valence-electron chi connectivity index (χ4n) is 3.37. The molecule has 3 rings (SSSR count). The Morgan fingerprint density at radius 1 is 1.41 bits per heavy atom. The van der Waals surface area contributed by atoms with Gasteiger partial charge in [-0.05, 0) is 45.6 Å². The van der Waals surface area contributed by atoms with Crippen LogP contribution >= 0.6 is 11.6 Å². The Kier molecular flexibility index (Phi) is 5.89. The molecule has 0 aliphatic heterocycles. The maximum absolute atomic E-state index is 14.4. The largest absolute Gasteiger partial charge is 0.417 e. The average molecular weight is 433 g/mol. The molecule has 1 unspecified atom stereocenters. The third kappa shape index (κ3) is 4.55.